The van der Waals surface area contributed by atoms with E-state index in [4.69, 9.17) is 9.47 Å². The fourth-order valence-corrected chi connectivity index (χ4v) is 3.36. The number of nitrogens with zero attached hydrogens (tertiary/aromatic N) is 1. The molecule has 0 aliphatic carbocycles. The second-order valence-corrected chi connectivity index (χ2v) is 6.87. The fraction of sp³-hybridized carbons (Fsp3) is 0.632. The van der Waals surface area contributed by atoms with E-state index in [0.29, 0.717) is 30.5 Å². The van der Waals surface area contributed by atoms with Gasteiger partial charge in [-0.25, -0.2) is 0 Å². The highest BCUT2D eigenvalue weighted by Gasteiger charge is 2.30. The van der Waals surface area contributed by atoms with Crippen LogP contribution < -0.4 is 14.8 Å². The minimum absolute atomic E-state index is 0.0324. The lowest BCUT2D eigenvalue weighted by Crippen LogP contribution is -2.51. The van der Waals surface area contributed by atoms with Gasteiger partial charge >= 0.3 is 0 Å². The summed E-state index contributed by atoms with van der Waals surface area (Å²) in [4.78, 5) is 14.4. The lowest BCUT2D eigenvalue weighted by molar-refractivity contribution is -0.124. The van der Waals surface area contributed by atoms with E-state index < -0.39 is 6.10 Å². The van der Waals surface area contributed by atoms with E-state index in [1.54, 1.807) is 21.1 Å². The van der Waals surface area contributed by atoms with Gasteiger partial charge in [0.15, 0.2) is 11.5 Å². The maximum Gasteiger partial charge on any atom is 0.234 e. The average Bonchev–Trinajstić information content (AvgIpc) is 2.61. The molecule has 1 heterocycles. The van der Waals surface area contributed by atoms with Crippen molar-refractivity contribution >= 4 is 5.91 Å². The van der Waals surface area contributed by atoms with Crippen LogP contribution in [0.15, 0.2) is 18.2 Å². The van der Waals surface area contributed by atoms with Gasteiger partial charge in [0.1, 0.15) is 0 Å². The molecule has 140 valence electrons. The molecule has 2 rings (SSSR count). The molecule has 1 aliphatic rings. The van der Waals surface area contributed by atoms with Gasteiger partial charge in [0, 0.05) is 12.6 Å². The van der Waals surface area contributed by atoms with Gasteiger partial charge in [-0.15, -0.1) is 0 Å². The Hall–Kier alpha value is -1.79. The lowest BCUT2D eigenvalue weighted by Gasteiger charge is -2.39. The number of aliphatic hydroxyl groups is 1. The van der Waals surface area contributed by atoms with Crippen molar-refractivity contribution in [3.05, 3.63) is 23.8 Å². The SMILES string of the molecule is COc1ccc(CNC(=O)CN2CC[C@H](C)C[C@H]2[C@H](C)O)cc1OC. The molecule has 1 aliphatic heterocycles. The van der Waals surface area contributed by atoms with Gasteiger partial charge in [-0.2, -0.15) is 0 Å². The van der Waals surface area contributed by atoms with Crippen LogP contribution in [-0.4, -0.2) is 55.4 Å². The lowest BCUT2D eigenvalue weighted by atomic mass is 9.90. The van der Waals surface area contributed by atoms with Crippen molar-refractivity contribution in [1.29, 1.82) is 0 Å². The van der Waals surface area contributed by atoms with E-state index in [0.717, 1.165) is 24.9 Å². The molecule has 0 saturated carbocycles. The molecule has 6 heteroatoms. The number of nitrogens with one attached hydrogen (secondary N) is 1. The highest BCUT2D eigenvalue weighted by molar-refractivity contribution is 5.78. The van der Waals surface area contributed by atoms with E-state index in [2.05, 4.69) is 17.1 Å². The summed E-state index contributed by atoms with van der Waals surface area (Å²) in [6.45, 7) is 5.60. The first-order valence-corrected chi connectivity index (χ1v) is 8.84. The molecule has 1 fully saturated rings. The number of ether oxygens (including phenoxy) is 2. The Morgan fingerprint density at radius 2 is 2.08 bits per heavy atom. The van der Waals surface area contributed by atoms with Gasteiger partial charge in [0.2, 0.25) is 5.91 Å². The van der Waals surface area contributed by atoms with Crippen molar-refractivity contribution in [3.63, 3.8) is 0 Å². The van der Waals surface area contributed by atoms with Crippen molar-refractivity contribution in [3.8, 4) is 11.5 Å². The molecular formula is C19H30N2O4. The summed E-state index contributed by atoms with van der Waals surface area (Å²) in [5.41, 5.74) is 0.949. The molecular weight excluding hydrogens is 320 g/mol. The van der Waals surface area contributed by atoms with E-state index >= 15 is 0 Å². The van der Waals surface area contributed by atoms with Gasteiger partial charge in [0.25, 0.3) is 0 Å². The van der Waals surface area contributed by atoms with Crippen LogP contribution >= 0.6 is 0 Å². The van der Waals surface area contributed by atoms with Gasteiger partial charge in [-0.3, -0.25) is 9.69 Å². The summed E-state index contributed by atoms with van der Waals surface area (Å²) in [7, 11) is 3.19. The Morgan fingerprint density at radius 3 is 2.72 bits per heavy atom. The summed E-state index contributed by atoms with van der Waals surface area (Å²) in [5.74, 6) is 1.87. The third-order valence-electron chi connectivity index (χ3n) is 4.86. The number of hydrogen-bond donors (Lipinski definition) is 2. The van der Waals surface area contributed by atoms with Crippen LogP contribution in [-0.2, 0) is 11.3 Å². The van der Waals surface area contributed by atoms with E-state index in [-0.39, 0.29) is 11.9 Å². The highest BCUT2D eigenvalue weighted by atomic mass is 16.5. The Kier molecular flexibility index (Phi) is 7.08. The minimum Gasteiger partial charge on any atom is -0.493 e. The molecule has 25 heavy (non-hydrogen) atoms. The van der Waals surface area contributed by atoms with Crippen LogP contribution in [0.4, 0.5) is 0 Å². The minimum atomic E-state index is -0.429. The van der Waals surface area contributed by atoms with Crippen LogP contribution in [0.2, 0.25) is 0 Å². The number of carbonyl (C=O) groups is 1. The number of hydrogen-bond acceptors (Lipinski definition) is 5. The number of amides is 1. The zero-order valence-electron chi connectivity index (χ0n) is 15.6. The van der Waals surface area contributed by atoms with Crippen molar-refractivity contribution in [1.82, 2.24) is 10.2 Å². The molecule has 0 bridgehead atoms. The Morgan fingerprint density at radius 1 is 1.36 bits per heavy atom. The number of aliphatic hydroxyl groups excluding tert-OH is 1. The molecule has 0 spiro atoms. The second kappa shape index (κ2) is 9.06. The predicted molar refractivity (Wildman–Crippen MR) is 96.8 cm³/mol. The quantitative estimate of drug-likeness (QED) is 0.785. The topological polar surface area (TPSA) is 71.0 Å². The van der Waals surface area contributed by atoms with Crippen molar-refractivity contribution in [2.75, 3.05) is 27.3 Å². The van der Waals surface area contributed by atoms with Gasteiger partial charge in [-0.05, 0) is 49.9 Å². The highest BCUT2D eigenvalue weighted by Crippen LogP contribution is 2.27. The monoisotopic (exact) mass is 350 g/mol. The zero-order chi connectivity index (χ0) is 18.4. The molecule has 1 amide bonds. The number of likely N-dealkylation sites (tertiary alicyclic amines) is 1. The van der Waals surface area contributed by atoms with Crippen LogP contribution in [0.1, 0.15) is 32.3 Å². The molecule has 0 radical (unpaired) electrons. The Labute approximate surface area is 150 Å². The van der Waals surface area contributed by atoms with Gasteiger partial charge < -0.3 is 19.9 Å². The first-order valence-electron chi connectivity index (χ1n) is 8.84. The number of benzene rings is 1. The average molecular weight is 350 g/mol. The second-order valence-electron chi connectivity index (χ2n) is 6.87. The molecule has 1 aromatic rings. The summed E-state index contributed by atoms with van der Waals surface area (Å²) >= 11 is 0. The van der Waals surface area contributed by atoms with Crippen molar-refractivity contribution in [2.24, 2.45) is 5.92 Å². The first kappa shape index (κ1) is 19.5. The smallest absolute Gasteiger partial charge is 0.234 e. The third kappa shape index (κ3) is 5.34. The molecule has 0 aromatic heterocycles. The third-order valence-corrected chi connectivity index (χ3v) is 4.86. The number of methoxy groups -OCH3 is 2. The maximum atomic E-state index is 12.3. The van der Waals surface area contributed by atoms with Crippen molar-refractivity contribution < 1.29 is 19.4 Å². The zero-order valence-corrected chi connectivity index (χ0v) is 15.6. The summed E-state index contributed by atoms with van der Waals surface area (Å²) in [6, 6.07) is 5.65. The molecule has 3 atom stereocenters. The largest absolute Gasteiger partial charge is 0.493 e. The van der Waals surface area contributed by atoms with E-state index in [1.807, 2.05) is 18.2 Å². The van der Waals surface area contributed by atoms with E-state index in [1.165, 1.54) is 0 Å². The van der Waals surface area contributed by atoms with E-state index in [9.17, 15) is 9.90 Å². The predicted octanol–water partition coefficient (Wildman–Crippen LogP) is 1.80. The van der Waals surface area contributed by atoms with Crippen LogP contribution in [0.25, 0.3) is 0 Å². The van der Waals surface area contributed by atoms with Gasteiger partial charge in [0.05, 0.1) is 26.9 Å². The summed E-state index contributed by atoms with van der Waals surface area (Å²) in [6.07, 6.45) is 1.56. The summed E-state index contributed by atoms with van der Waals surface area (Å²) < 4.78 is 10.5. The molecule has 2 N–H and O–H groups in total. The number of rotatable bonds is 7. The summed E-state index contributed by atoms with van der Waals surface area (Å²) in [5, 5.41) is 12.9. The molecule has 1 aromatic carbocycles. The maximum absolute atomic E-state index is 12.3. The Balaban J connectivity index is 1.90. The molecule has 0 unspecified atom stereocenters. The van der Waals surface area contributed by atoms with Gasteiger partial charge in [-0.1, -0.05) is 13.0 Å². The standard InChI is InChI=1S/C19H30N2O4/c1-13-7-8-21(16(9-13)14(2)22)12-19(23)20-11-15-5-6-17(24-3)18(10-15)25-4/h5-6,10,13-14,16,22H,7-9,11-12H2,1-4H3,(H,20,23)/t13-,14-,16-/m0/s1. The number of carbonyl (C=O) groups excluding carboxylic acids is 1. The van der Waals surface area contributed by atoms with Crippen molar-refractivity contribution in [2.45, 2.75) is 45.4 Å². The molecule has 6 nitrogen and oxygen atoms in total. The van der Waals surface area contributed by atoms with Crippen LogP contribution in [0.3, 0.4) is 0 Å². The Bertz CT molecular complexity index is 577. The first-order chi connectivity index (χ1) is 11.9. The van der Waals surface area contributed by atoms with Crippen LogP contribution in [0, 0.1) is 5.92 Å². The van der Waals surface area contributed by atoms with Crippen LogP contribution in [0.5, 0.6) is 11.5 Å². The molecule has 1 saturated heterocycles. The normalized spacial score (nSPS) is 22.3. The fourth-order valence-electron chi connectivity index (χ4n) is 3.36. The number of piperidine rings is 1.